The number of hydrogen-bond acceptors (Lipinski definition) is 4. The molecule has 0 aliphatic rings. The minimum absolute atomic E-state index is 0.322. The van der Waals surface area contributed by atoms with Crippen molar-refractivity contribution in [1.29, 1.82) is 0 Å². The molecule has 0 radical (unpaired) electrons. The van der Waals surface area contributed by atoms with E-state index in [1.807, 2.05) is 31.1 Å². The van der Waals surface area contributed by atoms with Crippen LogP contribution in [0, 0.1) is 0 Å². The Morgan fingerprint density at radius 2 is 2.18 bits per heavy atom. The predicted molar refractivity (Wildman–Crippen MR) is 78.0 cm³/mol. The lowest BCUT2D eigenvalue weighted by Crippen LogP contribution is -2.33. The highest BCUT2D eigenvalue weighted by atomic mass is 32.2. The molecule has 0 aliphatic heterocycles. The zero-order valence-electron chi connectivity index (χ0n) is 11.4. The summed E-state index contributed by atoms with van der Waals surface area (Å²) >= 11 is 1.87. The highest BCUT2D eigenvalue weighted by Crippen LogP contribution is 2.24. The third-order valence-electron chi connectivity index (χ3n) is 3.12. The molecule has 0 spiro atoms. The fraction of sp³-hybridized carbons (Fsp3) is 0.615. The van der Waals surface area contributed by atoms with Crippen molar-refractivity contribution in [3.05, 3.63) is 23.9 Å². The number of thioether (sulfide) groups is 1. The smallest absolute Gasteiger partial charge is 0.133 e. The van der Waals surface area contributed by atoms with Gasteiger partial charge in [0.05, 0.1) is 0 Å². The van der Waals surface area contributed by atoms with E-state index in [0.717, 1.165) is 11.6 Å². The van der Waals surface area contributed by atoms with Gasteiger partial charge in [0.2, 0.25) is 0 Å². The van der Waals surface area contributed by atoms with Crippen LogP contribution < -0.4 is 10.2 Å². The van der Waals surface area contributed by atoms with E-state index in [0.29, 0.717) is 12.1 Å². The summed E-state index contributed by atoms with van der Waals surface area (Å²) in [4.78, 5) is 6.79. The van der Waals surface area contributed by atoms with Crippen molar-refractivity contribution in [3.63, 3.8) is 0 Å². The molecule has 2 atom stereocenters. The van der Waals surface area contributed by atoms with Crippen LogP contribution in [0.1, 0.15) is 25.5 Å². The van der Waals surface area contributed by atoms with Gasteiger partial charge in [-0.05, 0) is 33.2 Å². The summed E-state index contributed by atoms with van der Waals surface area (Å²) in [7, 11) is 4.10. The first kappa shape index (κ1) is 14.3. The monoisotopic (exact) mass is 253 g/mol. The van der Waals surface area contributed by atoms with E-state index in [1.165, 1.54) is 5.56 Å². The quantitative estimate of drug-likeness (QED) is 0.843. The minimum Gasteiger partial charge on any atom is -0.356 e. The van der Waals surface area contributed by atoms with Crippen LogP contribution in [-0.2, 0) is 0 Å². The maximum atomic E-state index is 4.53. The summed E-state index contributed by atoms with van der Waals surface area (Å²) in [6.45, 7) is 4.40. The number of pyridine rings is 1. The van der Waals surface area contributed by atoms with Crippen LogP contribution in [0.25, 0.3) is 0 Å². The van der Waals surface area contributed by atoms with Gasteiger partial charge in [-0.15, -0.1) is 0 Å². The molecule has 0 saturated carbocycles. The van der Waals surface area contributed by atoms with Crippen molar-refractivity contribution in [2.75, 3.05) is 31.0 Å². The molecule has 1 rings (SSSR count). The van der Waals surface area contributed by atoms with Crippen LogP contribution >= 0.6 is 11.8 Å². The number of rotatable bonds is 6. The van der Waals surface area contributed by atoms with Crippen LogP contribution in [0.15, 0.2) is 18.3 Å². The molecule has 0 amide bonds. The molecule has 1 aromatic heterocycles. The van der Waals surface area contributed by atoms with Crippen LogP contribution in [0.5, 0.6) is 0 Å². The van der Waals surface area contributed by atoms with Crippen LogP contribution in [0.3, 0.4) is 0 Å². The standard InChI is InChI=1S/C13H23N3S/c1-10(9-17-5)16(4)13-12(11(2)14-3)7-6-8-15-13/h6-8,10-11,14H,9H2,1-5H3. The van der Waals surface area contributed by atoms with Gasteiger partial charge >= 0.3 is 0 Å². The van der Waals surface area contributed by atoms with E-state index in [4.69, 9.17) is 0 Å². The molecule has 17 heavy (non-hydrogen) atoms. The SMILES string of the molecule is CNC(C)c1cccnc1N(C)C(C)CSC. The third kappa shape index (κ3) is 3.61. The van der Waals surface area contributed by atoms with Crippen LogP contribution in [0.4, 0.5) is 5.82 Å². The van der Waals surface area contributed by atoms with E-state index in [-0.39, 0.29) is 0 Å². The molecule has 4 heteroatoms. The lowest BCUT2D eigenvalue weighted by atomic mass is 10.1. The molecule has 0 saturated heterocycles. The highest BCUT2D eigenvalue weighted by molar-refractivity contribution is 7.98. The summed E-state index contributed by atoms with van der Waals surface area (Å²) in [6, 6.07) is 4.95. The van der Waals surface area contributed by atoms with Crippen molar-refractivity contribution < 1.29 is 0 Å². The van der Waals surface area contributed by atoms with Crippen molar-refractivity contribution in [3.8, 4) is 0 Å². The number of nitrogens with zero attached hydrogens (tertiary/aromatic N) is 2. The van der Waals surface area contributed by atoms with Gasteiger partial charge in [0.15, 0.2) is 0 Å². The Kier molecular flexibility index (Phi) is 5.78. The van der Waals surface area contributed by atoms with E-state index in [2.05, 4.69) is 48.4 Å². The first-order valence-electron chi connectivity index (χ1n) is 5.95. The largest absolute Gasteiger partial charge is 0.356 e. The topological polar surface area (TPSA) is 28.2 Å². The summed E-state index contributed by atoms with van der Waals surface area (Å²) in [6.07, 6.45) is 4.00. The zero-order valence-corrected chi connectivity index (χ0v) is 12.2. The molecule has 0 bridgehead atoms. The van der Waals surface area contributed by atoms with Crippen molar-refractivity contribution >= 4 is 17.6 Å². The van der Waals surface area contributed by atoms with Gasteiger partial charge in [-0.3, -0.25) is 0 Å². The molecule has 0 aromatic carbocycles. The number of anilines is 1. The Bertz CT molecular complexity index is 343. The predicted octanol–water partition coefficient (Wildman–Crippen LogP) is 2.55. The van der Waals surface area contributed by atoms with E-state index >= 15 is 0 Å². The fourth-order valence-corrected chi connectivity index (χ4v) is 2.47. The first-order chi connectivity index (χ1) is 8.11. The van der Waals surface area contributed by atoms with Crippen LogP contribution in [0.2, 0.25) is 0 Å². The number of nitrogens with one attached hydrogen (secondary N) is 1. The Labute approximate surface area is 109 Å². The second kappa shape index (κ2) is 6.87. The summed E-state index contributed by atoms with van der Waals surface area (Å²) in [5.74, 6) is 2.19. The number of hydrogen-bond donors (Lipinski definition) is 1. The molecule has 3 nitrogen and oxygen atoms in total. The fourth-order valence-electron chi connectivity index (χ4n) is 1.76. The highest BCUT2D eigenvalue weighted by Gasteiger charge is 2.16. The second-order valence-electron chi connectivity index (χ2n) is 4.34. The Morgan fingerprint density at radius 1 is 1.47 bits per heavy atom. The van der Waals surface area contributed by atoms with Gasteiger partial charge in [0.25, 0.3) is 0 Å². The van der Waals surface area contributed by atoms with Gasteiger partial charge in [0.1, 0.15) is 5.82 Å². The zero-order chi connectivity index (χ0) is 12.8. The molecular weight excluding hydrogens is 230 g/mol. The molecule has 0 fully saturated rings. The number of aromatic nitrogens is 1. The Balaban J connectivity index is 2.96. The van der Waals surface area contributed by atoms with Crippen molar-refractivity contribution in [2.45, 2.75) is 25.9 Å². The molecular formula is C13H23N3S. The molecule has 1 N–H and O–H groups in total. The van der Waals surface area contributed by atoms with E-state index in [9.17, 15) is 0 Å². The Hall–Kier alpha value is -0.740. The minimum atomic E-state index is 0.322. The maximum absolute atomic E-state index is 4.53. The lowest BCUT2D eigenvalue weighted by Gasteiger charge is -2.28. The molecule has 1 heterocycles. The van der Waals surface area contributed by atoms with Crippen LogP contribution in [-0.4, -0.2) is 37.1 Å². The summed E-state index contributed by atoms with van der Waals surface area (Å²) < 4.78 is 0. The molecule has 96 valence electrons. The third-order valence-corrected chi connectivity index (χ3v) is 3.94. The summed E-state index contributed by atoms with van der Waals surface area (Å²) in [5, 5.41) is 3.28. The van der Waals surface area contributed by atoms with Gasteiger partial charge in [0, 0.05) is 36.6 Å². The van der Waals surface area contributed by atoms with E-state index < -0.39 is 0 Å². The Morgan fingerprint density at radius 3 is 2.76 bits per heavy atom. The van der Waals surface area contributed by atoms with E-state index in [1.54, 1.807) is 0 Å². The van der Waals surface area contributed by atoms with Gasteiger partial charge in [-0.2, -0.15) is 11.8 Å². The van der Waals surface area contributed by atoms with Gasteiger partial charge in [-0.25, -0.2) is 4.98 Å². The van der Waals surface area contributed by atoms with Crippen molar-refractivity contribution in [1.82, 2.24) is 10.3 Å². The van der Waals surface area contributed by atoms with Gasteiger partial charge in [-0.1, -0.05) is 6.07 Å². The first-order valence-corrected chi connectivity index (χ1v) is 7.35. The summed E-state index contributed by atoms with van der Waals surface area (Å²) in [5.41, 5.74) is 1.26. The molecule has 0 aliphatic carbocycles. The molecule has 2 unspecified atom stereocenters. The lowest BCUT2D eigenvalue weighted by molar-refractivity contribution is 0.640. The average Bonchev–Trinajstić information content (AvgIpc) is 2.37. The van der Waals surface area contributed by atoms with Gasteiger partial charge < -0.3 is 10.2 Å². The second-order valence-corrected chi connectivity index (χ2v) is 5.25. The van der Waals surface area contributed by atoms with Crippen molar-refractivity contribution in [2.24, 2.45) is 0 Å². The average molecular weight is 253 g/mol. The normalized spacial score (nSPS) is 14.4. The molecule has 1 aromatic rings. The maximum Gasteiger partial charge on any atom is 0.133 e.